The Morgan fingerprint density at radius 1 is 1.81 bits per heavy atom. The molecule has 0 radical (unpaired) electrons. The molecule has 0 saturated carbocycles. The Hall–Kier alpha value is -1.50. The molecule has 1 fully saturated rings. The third kappa shape index (κ3) is 3.27. The minimum Gasteiger partial charge on any atom is -0.316 e. The van der Waals surface area contributed by atoms with Crippen LogP contribution in [0.15, 0.2) is 17.8 Å². The first-order chi connectivity index (χ1) is 7.69. The van der Waals surface area contributed by atoms with Crippen LogP contribution in [0.1, 0.15) is 6.92 Å². The lowest BCUT2D eigenvalue weighted by atomic mass is 10.5. The summed E-state index contributed by atoms with van der Waals surface area (Å²) in [4.78, 5) is 28.4. The van der Waals surface area contributed by atoms with Gasteiger partial charge in [-0.05, 0) is 12.1 Å². The van der Waals surface area contributed by atoms with Crippen molar-refractivity contribution >= 4 is 28.9 Å². The molecule has 2 amide bonds. The lowest BCUT2D eigenvalue weighted by Crippen LogP contribution is -2.30. The van der Waals surface area contributed by atoms with E-state index in [2.05, 4.69) is 21.9 Å². The molecular weight excluding hydrogens is 230 g/mol. The Labute approximate surface area is 97.7 Å². The number of carbonyl (C=O) groups excluding carboxylic acids is 2. The molecule has 1 saturated heterocycles. The molecule has 0 spiro atoms. The summed E-state index contributed by atoms with van der Waals surface area (Å²) in [6.45, 7) is 6.10. The van der Waals surface area contributed by atoms with Crippen LogP contribution in [0.2, 0.25) is 0 Å². The van der Waals surface area contributed by atoms with Gasteiger partial charge in [0.05, 0.1) is 5.75 Å². The normalized spacial score (nSPS) is 17.7. The summed E-state index contributed by atoms with van der Waals surface area (Å²) < 4.78 is 0. The summed E-state index contributed by atoms with van der Waals surface area (Å²) in [7, 11) is 0. The van der Waals surface area contributed by atoms with Crippen molar-refractivity contribution in [3.63, 3.8) is 0 Å². The first-order valence-corrected chi connectivity index (χ1v) is 5.74. The molecule has 0 atom stereocenters. The molecule has 0 aliphatic carbocycles. The van der Waals surface area contributed by atoms with Crippen LogP contribution >= 0.6 is 11.8 Å². The average molecular weight is 243 g/mol. The largest absolute Gasteiger partial charge is 0.433 e. The number of amidine groups is 1. The Morgan fingerprint density at radius 3 is 3.19 bits per heavy atom. The van der Waals surface area contributed by atoms with Crippen LogP contribution in [0.4, 0.5) is 4.79 Å². The van der Waals surface area contributed by atoms with Crippen molar-refractivity contribution in [1.82, 2.24) is 10.2 Å². The fourth-order valence-electron chi connectivity index (χ4n) is 1.04. The maximum atomic E-state index is 11.3. The molecule has 1 rings (SSSR count). The van der Waals surface area contributed by atoms with Crippen LogP contribution in [0.3, 0.4) is 0 Å². The van der Waals surface area contributed by atoms with Gasteiger partial charge in [-0.3, -0.25) is 14.5 Å². The lowest BCUT2D eigenvalue weighted by molar-refractivity contribution is -0.124. The summed E-state index contributed by atoms with van der Waals surface area (Å²) in [5.74, 6) is 0.311. The van der Waals surface area contributed by atoms with Gasteiger partial charge in [0, 0.05) is 13.1 Å². The molecule has 16 heavy (non-hydrogen) atoms. The van der Waals surface area contributed by atoms with E-state index in [1.54, 1.807) is 0 Å². The lowest BCUT2D eigenvalue weighted by Gasteiger charge is -2.11. The number of hydrogen-bond donors (Lipinski definition) is 1. The van der Waals surface area contributed by atoms with Crippen LogP contribution in [-0.4, -0.2) is 40.9 Å². The second kappa shape index (κ2) is 6.16. The van der Waals surface area contributed by atoms with Gasteiger partial charge in [0.1, 0.15) is 0 Å². The van der Waals surface area contributed by atoms with E-state index in [1.165, 1.54) is 22.7 Å². The molecule has 0 unspecified atom stereocenters. The van der Waals surface area contributed by atoms with Crippen molar-refractivity contribution in [2.24, 2.45) is 5.16 Å². The van der Waals surface area contributed by atoms with E-state index >= 15 is 0 Å². The number of carbonyl (C=O) groups is 2. The smallest absolute Gasteiger partial charge is 0.316 e. The van der Waals surface area contributed by atoms with Gasteiger partial charge in [-0.25, -0.2) is 4.79 Å². The van der Waals surface area contributed by atoms with Crippen molar-refractivity contribution < 1.29 is 14.4 Å². The van der Waals surface area contributed by atoms with E-state index in [4.69, 9.17) is 0 Å². The van der Waals surface area contributed by atoms with Gasteiger partial charge in [0.15, 0.2) is 0 Å². The van der Waals surface area contributed by atoms with E-state index in [0.29, 0.717) is 24.0 Å². The van der Waals surface area contributed by atoms with Crippen LogP contribution in [0.25, 0.3) is 0 Å². The average Bonchev–Trinajstić information content (AvgIpc) is 2.64. The minimum atomic E-state index is -0.664. The first-order valence-electron chi connectivity index (χ1n) is 4.76. The van der Waals surface area contributed by atoms with Gasteiger partial charge in [0.2, 0.25) is 11.1 Å². The van der Waals surface area contributed by atoms with Crippen LogP contribution in [0, 0.1) is 0 Å². The summed E-state index contributed by atoms with van der Waals surface area (Å²) in [5, 5.41) is 6.44. The van der Waals surface area contributed by atoms with Crippen molar-refractivity contribution in [1.29, 1.82) is 0 Å². The highest BCUT2D eigenvalue weighted by molar-refractivity contribution is 8.15. The highest BCUT2D eigenvalue weighted by atomic mass is 32.2. The van der Waals surface area contributed by atoms with Gasteiger partial charge in [-0.1, -0.05) is 17.8 Å². The summed E-state index contributed by atoms with van der Waals surface area (Å²) >= 11 is 1.25. The van der Waals surface area contributed by atoms with Gasteiger partial charge in [-0.15, -0.1) is 6.58 Å². The summed E-state index contributed by atoms with van der Waals surface area (Å²) in [6, 6.07) is 0. The molecule has 7 heteroatoms. The standard InChI is InChI=1S/C9H13N3O3S/c1-3-5-10-9(14)15-11-8-12(4-2)7(13)6-16-8/h3H,1,4-6H2,2H3,(H,10,14). The molecule has 1 aliphatic rings. The molecule has 88 valence electrons. The van der Waals surface area contributed by atoms with Gasteiger partial charge in [-0.2, -0.15) is 0 Å². The quantitative estimate of drug-likeness (QED) is 0.449. The minimum absolute atomic E-state index is 0.0265. The third-order valence-electron chi connectivity index (χ3n) is 1.77. The molecule has 1 N–H and O–H groups in total. The predicted molar refractivity (Wildman–Crippen MR) is 62.0 cm³/mol. The van der Waals surface area contributed by atoms with Crippen LogP contribution in [0.5, 0.6) is 0 Å². The second-order valence-electron chi connectivity index (χ2n) is 2.85. The molecule has 1 heterocycles. The number of nitrogens with one attached hydrogen (secondary N) is 1. The SMILES string of the molecule is C=CCNC(=O)ON=C1SCC(=O)N1CC. The Morgan fingerprint density at radius 2 is 2.56 bits per heavy atom. The van der Waals surface area contributed by atoms with E-state index < -0.39 is 6.09 Å². The molecule has 0 aromatic rings. The molecule has 6 nitrogen and oxygen atoms in total. The Bertz CT molecular complexity index is 330. The second-order valence-corrected chi connectivity index (χ2v) is 3.79. The van der Waals surface area contributed by atoms with Gasteiger partial charge >= 0.3 is 6.09 Å². The molecule has 0 aromatic carbocycles. The van der Waals surface area contributed by atoms with Crippen molar-refractivity contribution in [3.8, 4) is 0 Å². The zero-order chi connectivity index (χ0) is 12.0. The number of hydrogen-bond acceptors (Lipinski definition) is 5. The fraction of sp³-hybridized carbons (Fsp3) is 0.444. The number of thioether (sulfide) groups is 1. The van der Waals surface area contributed by atoms with Gasteiger partial charge in [0.25, 0.3) is 0 Å². The topological polar surface area (TPSA) is 71.0 Å². The molecule has 0 aromatic heterocycles. The number of oxime groups is 1. The highest BCUT2D eigenvalue weighted by Gasteiger charge is 2.27. The monoisotopic (exact) mass is 243 g/mol. The maximum Gasteiger partial charge on any atom is 0.433 e. The Balaban J connectivity index is 2.47. The van der Waals surface area contributed by atoms with Gasteiger partial charge < -0.3 is 5.32 Å². The van der Waals surface area contributed by atoms with E-state index in [1.807, 2.05) is 6.92 Å². The highest BCUT2D eigenvalue weighted by Crippen LogP contribution is 2.18. The third-order valence-corrected chi connectivity index (χ3v) is 2.71. The fourth-order valence-corrected chi connectivity index (χ4v) is 1.93. The first kappa shape index (κ1) is 12.6. The zero-order valence-corrected chi connectivity index (χ0v) is 9.75. The van der Waals surface area contributed by atoms with E-state index in [9.17, 15) is 9.59 Å². The van der Waals surface area contributed by atoms with Crippen molar-refractivity contribution in [2.75, 3.05) is 18.8 Å². The number of amides is 2. The summed E-state index contributed by atoms with van der Waals surface area (Å²) in [6.07, 6.45) is 0.865. The van der Waals surface area contributed by atoms with Crippen LogP contribution < -0.4 is 5.32 Å². The van der Waals surface area contributed by atoms with E-state index in [0.717, 1.165) is 0 Å². The summed E-state index contributed by atoms with van der Waals surface area (Å²) in [5.41, 5.74) is 0. The molecular formula is C9H13N3O3S. The molecule has 1 aliphatic heterocycles. The Kier molecular flexibility index (Phi) is 4.84. The van der Waals surface area contributed by atoms with E-state index in [-0.39, 0.29) is 5.91 Å². The van der Waals surface area contributed by atoms with Crippen molar-refractivity contribution in [2.45, 2.75) is 6.92 Å². The van der Waals surface area contributed by atoms with Crippen LogP contribution in [-0.2, 0) is 9.63 Å². The zero-order valence-electron chi connectivity index (χ0n) is 8.93. The van der Waals surface area contributed by atoms with Crippen molar-refractivity contribution in [3.05, 3.63) is 12.7 Å². The number of nitrogens with zero attached hydrogens (tertiary/aromatic N) is 2. The number of rotatable bonds is 4. The maximum absolute atomic E-state index is 11.3. The predicted octanol–water partition coefficient (Wildman–Crippen LogP) is 0.765. The molecule has 0 bridgehead atoms.